The van der Waals surface area contributed by atoms with Crippen LogP contribution in [0.15, 0.2) is 54.9 Å². The highest BCUT2D eigenvalue weighted by molar-refractivity contribution is 5.66. The fourth-order valence-corrected chi connectivity index (χ4v) is 3.73. The molecule has 0 radical (unpaired) electrons. The van der Waals surface area contributed by atoms with Crippen molar-refractivity contribution in [2.24, 2.45) is 0 Å². The number of para-hydroxylation sites is 1. The number of hydrogen-bond donors (Lipinski definition) is 0. The zero-order valence-electron chi connectivity index (χ0n) is 16.3. The van der Waals surface area contributed by atoms with E-state index in [0.29, 0.717) is 0 Å². The summed E-state index contributed by atoms with van der Waals surface area (Å²) >= 11 is 0. The van der Waals surface area contributed by atoms with E-state index in [0.717, 1.165) is 29.1 Å². The van der Waals surface area contributed by atoms with Crippen LogP contribution in [0.25, 0.3) is 17.1 Å². The summed E-state index contributed by atoms with van der Waals surface area (Å²) in [6, 6.07) is 14.4. The fraction of sp³-hybridized carbons (Fsp3) is 0.348. The molecule has 136 valence electrons. The molecule has 0 saturated carbocycles. The Hall–Kier alpha value is -2.42. The summed E-state index contributed by atoms with van der Waals surface area (Å²) in [5.41, 5.74) is 4.98. The number of imidazole rings is 1. The third kappa shape index (κ3) is 2.96. The Morgan fingerprint density at radius 1 is 1.08 bits per heavy atom. The van der Waals surface area contributed by atoms with Gasteiger partial charge in [-0.2, -0.15) is 0 Å². The summed E-state index contributed by atoms with van der Waals surface area (Å²) in [5, 5.41) is 0. The van der Waals surface area contributed by atoms with Crippen LogP contribution in [0.1, 0.15) is 43.9 Å². The molecule has 0 bridgehead atoms. The van der Waals surface area contributed by atoms with E-state index in [1.165, 1.54) is 11.1 Å². The van der Waals surface area contributed by atoms with Crippen molar-refractivity contribution < 1.29 is 4.39 Å². The predicted octanol–water partition coefficient (Wildman–Crippen LogP) is 6.18. The van der Waals surface area contributed by atoms with Crippen LogP contribution in [0.2, 0.25) is 0 Å². The Morgan fingerprint density at radius 3 is 2.35 bits per heavy atom. The molecule has 3 aromatic rings. The quantitative estimate of drug-likeness (QED) is 0.537. The van der Waals surface area contributed by atoms with Crippen LogP contribution < -0.4 is 0 Å². The molecule has 0 fully saturated rings. The number of aromatic nitrogens is 2. The summed E-state index contributed by atoms with van der Waals surface area (Å²) in [4.78, 5) is 4.65. The SMILES string of the molecule is CCC(C)(c1ccccc1-c1nccn1-c1c(C)cccc1C)[C@H](C)F. The summed E-state index contributed by atoms with van der Waals surface area (Å²) in [5.74, 6) is 0.860. The summed E-state index contributed by atoms with van der Waals surface area (Å²) in [6.07, 6.45) is 3.59. The molecule has 3 heteroatoms. The fourth-order valence-electron chi connectivity index (χ4n) is 3.73. The molecule has 2 nitrogen and oxygen atoms in total. The Kier molecular flexibility index (Phi) is 4.99. The van der Waals surface area contributed by atoms with Gasteiger partial charge in [-0.3, -0.25) is 4.57 Å². The van der Waals surface area contributed by atoms with Crippen molar-refractivity contribution in [1.29, 1.82) is 0 Å². The molecule has 1 heterocycles. The first kappa shape index (κ1) is 18.4. The monoisotopic (exact) mass is 350 g/mol. The molecule has 1 unspecified atom stereocenters. The van der Waals surface area contributed by atoms with Gasteiger partial charge in [-0.15, -0.1) is 0 Å². The van der Waals surface area contributed by atoms with Gasteiger partial charge in [-0.25, -0.2) is 9.37 Å². The van der Waals surface area contributed by atoms with Gasteiger partial charge in [0.2, 0.25) is 0 Å². The second-order valence-corrected chi connectivity index (χ2v) is 7.29. The van der Waals surface area contributed by atoms with Crippen LogP contribution in [0.4, 0.5) is 4.39 Å². The second-order valence-electron chi connectivity index (χ2n) is 7.29. The van der Waals surface area contributed by atoms with Crippen LogP contribution in [0.5, 0.6) is 0 Å². The molecule has 0 spiro atoms. The number of aryl methyl sites for hydroxylation is 2. The first-order valence-electron chi connectivity index (χ1n) is 9.24. The lowest BCUT2D eigenvalue weighted by atomic mass is 9.74. The highest BCUT2D eigenvalue weighted by Gasteiger charge is 2.34. The lowest BCUT2D eigenvalue weighted by Gasteiger charge is -2.32. The molecule has 3 rings (SSSR count). The van der Waals surface area contributed by atoms with Crippen molar-refractivity contribution in [3.05, 3.63) is 71.5 Å². The number of rotatable bonds is 5. The lowest BCUT2D eigenvalue weighted by Crippen LogP contribution is -2.31. The van der Waals surface area contributed by atoms with Gasteiger partial charge < -0.3 is 0 Å². The summed E-state index contributed by atoms with van der Waals surface area (Å²) in [6.45, 7) is 9.92. The van der Waals surface area contributed by atoms with Crippen molar-refractivity contribution in [2.45, 2.75) is 52.6 Å². The van der Waals surface area contributed by atoms with Gasteiger partial charge in [0.15, 0.2) is 0 Å². The van der Waals surface area contributed by atoms with Gasteiger partial charge in [0.05, 0.1) is 5.69 Å². The number of nitrogens with zero attached hydrogens (tertiary/aromatic N) is 2. The maximum absolute atomic E-state index is 14.6. The maximum atomic E-state index is 14.6. The van der Waals surface area contributed by atoms with Crippen molar-refractivity contribution >= 4 is 0 Å². The van der Waals surface area contributed by atoms with Crippen LogP contribution >= 0.6 is 0 Å². The zero-order valence-corrected chi connectivity index (χ0v) is 16.3. The minimum atomic E-state index is -0.947. The normalized spacial score (nSPS) is 14.8. The number of alkyl halides is 1. The number of hydrogen-bond acceptors (Lipinski definition) is 1. The molecule has 0 saturated heterocycles. The molecule has 0 aliphatic heterocycles. The van der Waals surface area contributed by atoms with E-state index in [1.54, 1.807) is 6.92 Å². The van der Waals surface area contributed by atoms with E-state index in [1.807, 2.05) is 44.4 Å². The number of benzene rings is 2. The third-order valence-corrected chi connectivity index (χ3v) is 5.72. The number of halogens is 1. The van der Waals surface area contributed by atoms with E-state index in [9.17, 15) is 4.39 Å². The average Bonchev–Trinajstić information content (AvgIpc) is 3.10. The average molecular weight is 350 g/mol. The molecule has 0 N–H and O–H groups in total. The standard InChI is InChI=1S/C23H27FN2/c1-6-23(5,18(4)24)20-13-8-7-12-19(20)22-25-14-15-26(22)21-16(2)10-9-11-17(21)3/h7-15,18H,6H2,1-5H3/t18-,23?/m0/s1. The molecule has 2 aromatic carbocycles. The van der Waals surface area contributed by atoms with Gasteiger partial charge in [-0.05, 0) is 43.9 Å². The Bertz CT molecular complexity index is 890. The maximum Gasteiger partial charge on any atom is 0.144 e. The van der Waals surface area contributed by atoms with E-state index in [2.05, 4.69) is 47.7 Å². The van der Waals surface area contributed by atoms with E-state index >= 15 is 0 Å². The molecule has 1 aromatic heterocycles. The molecular formula is C23H27FN2. The minimum absolute atomic E-state index is 0.547. The molecule has 0 aliphatic rings. The Balaban J connectivity index is 2.25. The molecular weight excluding hydrogens is 323 g/mol. The Labute approximate surface area is 155 Å². The van der Waals surface area contributed by atoms with Crippen molar-refractivity contribution in [1.82, 2.24) is 9.55 Å². The van der Waals surface area contributed by atoms with Gasteiger partial charge >= 0.3 is 0 Å². The van der Waals surface area contributed by atoms with Crippen LogP contribution in [-0.4, -0.2) is 15.7 Å². The van der Waals surface area contributed by atoms with Crippen LogP contribution in [-0.2, 0) is 5.41 Å². The third-order valence-electron chi connectivity index (χ3n) is 5.72. The largest absolute Gasteiger partial charge is 0.299 e. The Morgan fingerprint density at radius 2 is 1.73 bits per heavy atom. The van der Waals surface area contributed by atoms with Crippen LogP contribution in [0, 0.1) is 13.8 Å². The van der Waals surface area contributed by atoms with Crippen molar-refractivity contribution in [3.63, 3.8) is 0 Å². The first-order chi connectivity index (χ1) is 12.4. The zero-order chi connectivity index (χ0) is 18.9. The molecule has 26 heavy (non-hydrogen) atoms. The summed E-state index contributed by atoms with van der Waals surface area (Å²) < 4.78 is 16.7. The smallest absolute Gasteiger partial charge is 0.144 e. The topological polar surface area (TPSA) is 17.8 Å². The second kappa shape index (κ2) is 7.06. The summed E-state index contributed by atoms with van der Waals surface area (Å²) in [7, 11) is 0. The molecule has 0 amide bonds. The van der Waals surface area contributed by atoms with Gasteiger partial charge in [0.25, 0.3) is 0 Å². The van der Waals surface area contributed by atoms with E-state index < -0.39 is 11.6 Å². The van der Waals surface area contributed by atoms with Crippen LogP contribution in [0.3, 0.4) is 0 Å². The first-order valence-corrected chi connectivity index (χ1v) is 9.24. The van der Waals surface area contributed by atoms with Crippen molar-refractivity contribution in [3.8, 4) is 17.1 Å². The molecule has 0 aliphatic carbocycles. The van der Waals surface area contributed by atoms with Gasteiger partial charge in [0, 0.05) is 23.4 Å². The highest BCUT2D eigenvalue weighted by atomic mass is 19.1. The van der Waals surface area contributed by atoms with E-state index in [-0.39, 0.29) is 0 Å². The van der Waals surface area contributed by atoms with E-state index in [4.69, 9.17) is 0 Å². The predicted molar refractivity (Wildman–Crippen MR) is 107 cm³/mol. The minimum Gasteiger partial charge on any atom is -0.299 e. The lowest BCUT2D eigenvalue weighted by molar-refractivity contribution is 0.214. The van der Waals surface area contributed by atoms with Gasteiger partial charge in [0.1, 0.15) is 12.0 Å². The van der Waals surface area contributed by atoms with Gasteiger partial charge in [-0.1, -0.05) is 56.3 Å². The molecule has 2 atom stereocenters. The highest BCUT2D eigenvalue weighted by Crippen LogP contribution is 2.39. The van der Waals surface area contributed by atoms with Crippen molar-refractivity contribution in [2.75, 3.05) is 0 Å².